The number of para-hydroxylation sites is 1. The van der Waals surface area contributed by atoms with Crippen LogP contribution in [0.3, 0.4) is 0 Å². The molecule has 0 aromatic heterocycles. The number of rotatable bonds is 3. The molecule has 0 heterocycles. The summed E-state index contributed by atoms with van der Waals surface area (Å²) in [6, 6.07) is 1.88. The maximum atomic E-state index is 10.9. The maximum Gasteiger partial charge on any atom is 0.300 e. The van der Waals surface area contributed by atoms with Crippen LogP contribution in [0, 0.1) is 10.4 Å². The number of hydrogen-bond donors (Lipinski definition) is 5. The van der Waals surface area contributed by atoms with E-state index in [1.807, 2.05) is 0 Å². The molecule has 0 atom stereocenters. The van der Waals surface area contributed by atoms with E-state index >= 15 is 0 Å². The fourth-order valence-corrected chi connectivity index (χ4v) is 1.97. The van der Waals surface area contributed by atoms with E-state index in [1.165, 1.54) is 0 Å². The van der Waals surface area contributed by atoms with E-state index in [0.717, 1.165) is 6.07 Å². The number of hydrogen-bond acceptors (Lipinski definition) is 8. The van der Waals surface area contributed by atoms with Crippen LogP contribution in [-0.2, 0) is 10.1 Å². The first-order chi connectivity index (χ1) is 7.85. The van der Waals surface area contributed by atoms with E-state index in [9.17, 15) is 18.8 Å². The Balaban J connectivity index is 3.79. The lowest BCUT2D eigenvalue weighted by Crippen LogP contribution is -2.42. The summed E-state index contributed by atoms with van der Waals surface area (Å²) >= 11 is 0. The second kappa shape index (κ2) is 4.18. The molecule has 0 saturated carbocycles. The van der Waals surface area contributed by atoms with Crippen molar-refractivity contribution in [2.24, 2.45) is 0 Å². The molecule has 0 saturated heterocycles. The van der Waals surface area contributed by atoms with Gasteiger partial charge in [-0.05, 0) is 16.0 Å². The Bertz CT molecular complexity index is 555. The molecule has 5 N–H and O–H groups in total. The Hall–Kier alpha value is -1.19. The summed E-state index contributed by atoms with van der Waals surface area (Å²) in [5, 5.41) is 56.8. The van der Waals surface area contributed by atoms with Gasteiger partial charge in [-0.25, -0.2) is 0 Å². The standard InChI is InChI=1S/C6H8N2O9S/c9-7(10,11)4-2-1-3-5(18(15,16)17)6(4)8(12,13)14/h1-3,9-10,12-13H,(H,15,16,17). The maximum absolute atomic E-state index is 10.9. The second-order valence-corrected chi connectivity index (χ2v) is 4.58. The minimum absolute atomic E-state index is 0.550. The Kier molecular flexibility index (Phi) is 3.45. The predicted molar refractivity (Wildman–Crippen MR) is 53.7 cm³/mol. The summed E-state index contributed by atoms with van der Waals surface area (Å²) in [6.07, 6.45) is 0. The summed E-state index contributed by atoms with van der Waals surface area (Å²) in [7, 11) is -5.11. The van der Waals surface area contributed by atoms with Crippen LogP contribution in [0.4, 0.5) is 11.4 Å². The van der Waals surface area contributed by atoms with Gasteiger partial charge in [-0.3, -0.25) is 4.55 Å². The topological polar surface area (TPSA) is 181 Å². The van der Waals surface area contributed by atoms with Crippen LogP contribution in [0.5, 0.6) is 0 Å². The van der Waals surface area contributed by atoms with Gasteiger partial charge in [0.05, 0.1) is 0 Å². The van der Waals surface area contributed by atoms with Crippen molar-refractivity contribution >= 4 is 21.5 Å². The van der Waals surface area contributed by atoms with Gasteiger partial charge in [0, 0.05) is 6.07 Å². The van der Waals surface area contributed by atoms with E-state index in [-0.39, 0.29) is 0 Å². The van der Waals surface area contributed by atoms with Crippen LogP contribution in [0.1, 0.15) is 0 Å². The molecule has 0 radical (unpaired) electrons. The van der Waals surface area contributed by atoms with Crippen molar-refractivity contribution < 1.29 is 33.8 Å². The minimum Gasteiger partial charge on any atom is -0.559 e. The van der Waals surface area contributed by atoms with Gasteiger partial charge < -0.3 is 10.4 Å². The molecule has 0 fully saturated rings. The third-order valence-corrected chi connectivity index (χ3v) is 2.75. The molecule has 1 rings (SSSR count). The zero-order chi connectivity index (χ0) is 14.4. The highest BCUT2D eigenvalue weighted by molar-refractivity contribution is 7.86. The quantitative estimate of drug-likeness (QED) is 0.292. The molecular formula is C6H8N2O9S. The molecule has 1 aromatic rings. The molecule has 0 spiro atoms. The Morgan fingerprint density at radius 2 is 1.50 bits per heavy atom. The SMILES string of the molecule is O=S(=O)(O)c1cccc([N+]([O-])(O)O)c1[N+]([O-])(O)O. The smallest absolute Gasteiger partial charge is 0.300 e. The van der Waals surface area contributed by atoms with E-state index in [1.54, 1.807) is 0 Å². The highest BCUT2D eigenvalue weighted by Gasteiger charge is 2.39. The zero-order valence-corrected chi connectivity index (χ0v) is 9.22. The van der Waals surface area contributed by atoms with Gasteiger partial charge in [-0.2, -0.15) is 29.2 Å². The highest BCUT2D eigenvalue weighted by Crippen LogP contribution is 2.38. The zero-order valence-electron chi connectivity index (χ0n) is 8.40. The summed E-state index contributed by atoms with van der Waals surface area (Å²) < 4.78 is 30.5. The minimum atomic E-state index is -5.11. The molecule has 0 aliphatic rings. The van der Waals surface area contributed by atoms with Crippen molar-refractivity contribution in [1.82, 2.24) is 9.95 Å². The van der Waals surface area contributed by atoms with E-state index in [2.05, 4.69) is 0 Å². The van der Waals surface area contributed by atoms with Crippen LogP contribution < -0.4 is 9.95 Å². The summed E-state index contributed by atoms with van der Waals surface area (Å²) in [5.41, 5.74) is -3.05. The first-order valence-corrected chi connectivity index (χ1v) is 5.52. The normalized spacial score (nSPS) is 13.7. The van der Waals surface area contributed by atoms with Crippen molar-refractivity contribution in [2.75, 3.05) is 0 Å². The number of quaternary nitrogens is 2. The monoisotopic (exact) mass is 284 g/mol. The molecule has 1 aromatic carbocycles. The number of nitrogens with zero attached hydrogens (tertiary/aromatic N) is 2. The van der Waals surface area contributed by atoms with Crippen LogP contribution in [0.15, 0.2) is 23.1 Å². The molecule has 0 unspecified atom stereocenters. The van der Waals surface area contributed by atoms with Gasteiger partial charge in [0.2, 0.25) is 0 Å². The highest BCUT2D eigenvalue weighted by atomic mass is 32.2. The fourth-order valence-electron chi connectivity index (χ4n) is 1.25. The molecule has 0 aliphatic heterocycles. The first kappa shape index (κ1) is 14.9. The predicted octanol–water partition coefficient (Wildman–Crippen LogP) is 0.100. The molecule has 12 heteroatoms. The Morgan fingerprint density at radius 1 is 1.00 bits per heavy atom. The molecule has 102 valence electrons. The largest absolute Gasteiger partial charge is 0.559 e. The third kappa shape index (κ3) is 2.98. The van der Waals surface area contributed by atoms with Crippen molar-refractivity contribution in [3.63, 3.8) is 0 Å². The van der Waals surface area contributed by atoms with E-state index < -0.39 is 36.3 Å². The lowest BCUT2D eigenvalue weighted by molar-refractivity contribution is -0.270. The van der Waals surface area contributed by atoms with Crippen LogP contribution in [-0.4, -0.2) is 33.8 Å². The summed E-state index contributed by atoms with van der Waals surface area (Å²) in [5.74, 6) is 0. The summed E-state index contributed by atoms with van der Waals surface area (Å²) in [6.45, 7) is 0. The molecular weight excluding hydrogens is 276 g/mol. The van der Waals surface area contributed by atoms with Crippen molar-refractivity contribution in [3.8, 4) is 0 Å². The van der Waals surface area contributed by atoms with Crippen molar-refractivity contribution in [1.29, 1.82) is 0 Å². The van der Waals surface area contributed by atoms with Crippen molar-refractivity contribution in [3.05, 3.63) is 28.6 Å². The Labute approximate surface area is 99.5 Å². The van der Waals surface area contributed by atoms with E-state index in [0.29, 0.717) is 12.1 Å². The molecule has 18 heavy (non-hydrogen) atoms. The average Bonchev–Trinajstić information content (AvgIpc) is 2.12. The molecule has 0 bridgehead atoms. The van der Waals surface area contributed by atoms with Gasteiger partial charge in [-0.15, -0.1) is 0 Å². The Morgan fingerprint density at radius 3 is 1.83 bits per heavy atom. The number of benzene rings is 1. The molecule has 11 nitrogen and oxygen atoms in total. The van der Waals surface area contributed by atoms with Gasteiger partial charge in [0.25, 0.3) is 11.4 Å². The van der Waals surface area contributed by atoms with Gasteiger partial charge >= 0.3 is 10.1 Å². The molecule has 0 aliphatic carbocycles. The van der Waals surface area contributed by atoms with Gasteiger partial charge in [0.1, 0.15) is 0 Å². The van der Waals surface area contributed by atoms with Crippen LogP contribution in [0.25, 0.3) is 0 Å². The average molecular weight is 284 g/mol. The van der Waals surface area contributed by atoms with Crippen LogP contribution in [0.2, 0.25) is 0 Å². The second-order valence-electron chi connectivity index (χ2n) is 3.19. The van der Waals surface area contributed by atoms with E-state index in [4.69, 9.17) is 25.4 Å². The third-order valence-electron chi connectivity index (χ3n) is 1.86. The van der Waals surface area contributed by atoms with Gasteiger partial charge in [0.15, 0.2) is 4.90 Å². The lowest BCUT2D eigenvalue weighted by Gasteiger charge is -2.30. The lowest BCUT2D eigenvalue weighted by atomic mass is 10.2. The van der Waals surface area contributed by atoms with Crippen LogP contribution >= 0.6 is 0 Å². The fraction of sp³-hybridized carbons (Fsp3) is 0. The van der Waals surface area contributed by atoms with Gasteiger partial charge in [-0.1, -0.05) is 6.07 Å². The first-order valence-electron chi connectivity index (χ1n) is 4.08. The van der Waals surface area contributed by atoms with Crippen molar-refractivity contribution in [2.45, 2.75) is 4.90 Å². The summed E-state index contributed by atoms with van der Waals surface area (Å²) in [4.78, 5) is -8.10. The molecule has 0 amide bonds.